The molecule has 3 nitrogen and oxygen atoms in total. The summed E-state index contributed by atoms with van der Waals surface area (Å²) in [5.41, 5.74) is 2.00. The molecule has 0 radical (unpaired) electrons. The van der Waals surface area contributed by atoms with E-state index in [0.29, 0.717) is 12.3 Å². The third kappa shape index (κ3) is 1.95. The molecule has 0 amide bonds. The molecule has 0 spiro atoms. The van der Waals surface area contributed by atoms with Gasteiger partial charge in [0.15, 0.2) is 5.78 Å². The summed E-state index contributed by atoms with van der Waals surface area (Å²) in [6, 6.07) is 8.10. The average molecular weight is 242 g/mol. The zero-order valence-electron chi connectivity index (χ0n) is 10.6. The van der Waals surface area contributed by atoms with Crippen molar-refractivity contribution in [3.63, 3.8) is 0 Å². The van der Waals surface area contributed by atoms with Gasteiger partial charge in [0.2, 0.25) is 0 Å². The number of nitrogens with one attached hydrogen (secondary N) is 1. The van der Waals surface area contributed by atoms with Crippen molar-refractivity contribution in [1.82, 2.24) is 9.88 Å². The van der Waals surface area contributed by atoms with Gasteiger partial charge in [-0.05, 0) is 31.5 Å². The van der Waals surface area contributed by atoms with E-state index >= 15 is 0 Å². The lowest BCUT2D eigenvalue weighted by Crippen LogP contribution is -2.12. The molecule has 0 saturated carbocycles. The lowest BCUT2D eigenvalue weighted by atomic mass is 9.97. The van der Waals surface area contributed by atoms with Crippen LogP contribution in [0.25, 0.3) is 10.9 Å². The van der Waals surface area contributed by atoms with Crippen molar-refractivity contribution in [2.24, 2.45) is 13.0 Å². The van der Waals surface area contributed by atoms with Gasteiger partial charge in [-0.2, -0.15) is 0 Å². The summed E-state index contributed by atoms with van der Waals surface area (Å²) in [7, 11) is 2.00. The van der Waals surface area contributed by atoms with Crippen molar-refractivity contribution < 1.29 is 4.79 Å². The van der Waals surface area contributed by atoms with Crippen LogP contribution >= 0.6 is 0 Å². The summed E-state index contributed by atoms with van der Waals surface area (Å²) < 4.78 is 2.04. The molecule has 1 N–H and O–H groups in total. The quantitative estimate of drug-likeness (QED) is 0.838. The second-order valence-corrected chi connectivity index (χ2v) is 5.16. The third-order valence-corrected chi connectivity index (χ3v) is 3.83. The second-order valence-electron chi connectivity index (χ2n) is 5.16. The highest BCUT2D eigenvalue weighted by Crippen LogP contribution is 2.24. The van der Waals surface area contributed by atoms with Gasteiger partial charge < -0.3 is 9.88 Å². The van der Waals surface area contributed by atoms with Gasteiger partial charge in [0.1, 0.15) is 0 Å². The van der Waals surface area contributed by atoms with Crippen LogP contribution in [0.1, 0.15) is 23.2 Å². The van der Waals surface area contributed by atoms with E-state index in [0.717, 1.165) is 36.0 Å². The van der Waals surface area contributed by atoms with Crippen molar-refractivity contribution in [2.75, 3.05) is 13.1 Å². The second kappa shape index (κ2) is 4.58. The van der Waals surface area contributed by atoms with Crippen LogP contribution in [0.2, 0.25) is 0 Å². The Balaban J connectivity index is 1.91. The number of fused-ring (bicyclic) bond motifs is 1. The molecule has 2 aromatic rings. The molecule has 3 heteroatoms. The summed E-state index contributed by atoms with van der Waals surface area (Å²) in [5, 5.41) is 4.39. The normalized spacial score (nSPS) is 19.5. The van der Waals surface area contributed by atoms with Gasteiger partial charge in [0.05, 0.1) is 0 Å². The van der Waals surface area contributed by atoms with Gasteiger partial charge in [0, 0.05) is 36.1 Å². The third-order valence-electron chi connectivity index (χ3n) is 3.83. The molecule has 18 heavy (non-hydrogen) atoms. The zero-order valence-corrected chi connectivity index (χ0v) is 10.6. The Morgan fingerprint density at radius 1 is 1.44 bits per heavy atom. The SMILES string of the molecule is Cn1cc(C(=O)CC2CCNC2)c2ccccc21. The number of hydrogen-bond donors (Lipinski definition) is 1. The maximum atomic E-state index is 12.4. The van der Waals surface area contributed by atoms with Gasteiger partial charge in [-0.15, -0.1) is 0 Å². The van der Waals surface area contributed by atoms with Crippen LogP contribution in [0.5, 0.6) is 0 Å². The fourth-order valence-corrected chi connectivity index (χ4v) is 2.82. The Bertz CT molecular complexity index is 579. The van der Waals surface area contributed by atoms with Gasteiger partial charge in [-0.1, -0.05) is 18.2 Å². The maximum absolute atomic E-state index is 12.4. The minimum absolute atomic E-state index is 0.278. The van der Waals surface area contributed by atoms with Crippen molar-refractivity contribution in [3.05, 3.63) is 36.0 Å². The van der Waals surface area contributed by atoms with Crippen LogP contribution in [0.3, 0.4) is 0 Å². The fourth-order valence-electron chi connectivity index (χ4n) is 2.82. The van der Waals surface area contributed by atoms with E-state index < -0.39 is 0 Å². The lowest BCUT2D eigenvalue weighted by Gasteiger charge is -2.05. The van der Waals surface area contributed by atoms with Crippen LogP contribution in [0.15, 0.2) is 30.5 Å². The topological polar surface area (TPSA) is 34.0 Å². The Morgan fingerprint density at radius 2 is 2.28 bits per heavy atom. The standard InChI is InChI=1S/C15H18N2O/c1-17-10-13(12-4-2-3-5-14(12)17)15(18)8-11-6-7-16-9-11/h2-5,10-11,16H,6-9H2,1H3. The molecule has 0 bridgehead atoms. The number of rotatable bonds is 3. The van der Waals surface area contributed by atoms with Crippen LogP contribution in [-0.2, 0) is 7.05 Å². The Morgan fingerprint density at radius 3 is 3.06 bits per heavy atom. The first-order valence-corrected chi connectivity index (χ1v) is 6.53. The monoisotopic (exact) mass is 242 g/mol. The predicted octanol–water partition coefficient (Wildman–Crippen LogP) is 2.36. The van der Waals surface area contributed by atoms with Crippen molar-refractivity contribution >= 4 is 16.7 Å². The van der Waals surface area contributed by atoms with E-state index in [1.165, 1.54) is 0 Å². The van der Waals surface area contributed by atoms with Crippen LogP contribution < -0.4 is 5.32 Å². The molecule has 1 unspecified atom stereocenters. The number of ketones is 1. The van der Waals surface area contributed by atoms with Gasteiger partial charge >= 0.3 is 0 Å². The Hall–Kier alpha value is -1.61. The molecule has 94 valence electrons. The first kappa shape index (κ1) is 11.5. The largest absolute Gasteiger partial charge is 0.350 e. The average Bonchev–Trinajstić information content (AvgIpc) is 2.98. The summed E-state index contributed by atoms with van der Waals surface area (Å²) in [5.74, 6) is 0.789. The molecule has 3 rings (SSSR count). The highest BCUT2D eigenvalue weighted by Gasteiger charge is 2.21. The van der Waals surface area contributed by atoms with Crippen molar-refractivity contribution in [2.45, 2.75) is 12.8 Å². The van der Waals surface area contributed by atoms with Gasteiger partial charge in [-0.3, -0.25) is 4.79 Å². The molecule has 0 aliphatic carbocycles. The molecule has 1 saturated heterocycles. The number of benzene rings is 1. The lowest BCUT2D eigenvalue weighted by molar-refractivity contribution is 0.0966. The number of para-hydroxylation sites is 1. The first-order chi connectivity index (χ1) is 8.75. The Kier molecular flexibility index (Phi) is 2.92. The molecule has 1 aliphatic rings. The van der Waals surface area contributed by atoms with Crippen LogP contribution in [0, 0.1) is 5.92 Å². The smallest absolute Gasteiger partial charge is 0.165 e. The van der Waals surface area contributed by atoms with Crippen molar-refractivity contribution in [3.8, 4) is 0 Å². The highest BCUT2D eigenvalue weighted by molar-refractivity contribution is 6.08. The van der Waals surface area contributed by atoms with Crippen LogP contribution in [0.4, 0.5) is 0 Å². The summed E-state index contributed by atoms with van der Waals surface area (Å²) in [6.07, 6.45) is 3.76. The van der Waals surface area contributed by atoms with E-state index in [-0.39, 0.29) is 5.78 Å². The highest BCUT2D eigenvalue weighted by atomic mass is 16.1. The van der Waals surface area contributed by atoms with Gasteiger partial charge in [-0.25, -0.2) is 0 Å². The summed E-state index contributed by atoms with van der Waals surface area (Å²) >= 11 is 0. The molecule has 1 aliphatic heterocycles. The van der Waals surface area contributed by atoms with Crippen molar-refractivity contribution in [1.29, 1.82) is 0 Å². The van der Waals surface area contributed by atoms with Gasteiger partial charge in [0.25, 0.3) is 0 Å². The molecule has 1 atom stereocenters. The maximum Gasteiger partial charge on any atom is 0.165 e. The number of nitrogens with zero attached hydrogens (tertiary/aromatic N) is 1. The predicted molar refractivity (Wildman–Crippen MR) is 72.8 cm³/mol. The zero-order chi connectivity index (χ0) is 12.5. The van der Waals surface area contributed by atoms with E-state index in [4.69, 9.17) is 0 Å². The number of aromatic nitrogens is 1. The number of hydrogen-bond acceptors (Lipinski definition) is 2. The molecule has 1 aromatic heterocycles. The molecule has 2 heterocycles. The Labute approximate surface area is 107 Å². The van der Waals surface area contributed by atoms with E-state index in [1.807, 2.05) is 36.0 Å². The number of carbonyl (C=O) groups excluding carboxylic acids is 1. The summed E-state index contributed by atoms with van der Waals surface area (Å²) in [4.78, 5) is 12.4. The number of aryl methyl sites for hydroxylation is 1. The van der Waals surface area contributed by atoms with E-state index in [2.05, 4.69) is 11.4 Å². The van der Waals surface area contributed by atoms with E-state index in [9.17, 15) is 4.79 Å². The van der Waals surface area contributed by atoms with E-state index in [1.54, 1.807) is 0 Å². The fraction of sp³-hybridized carbons (Fsp3) is 0.400. The number of Topliss-reactive ketones (excluding diaryl/α,β-unsaturated/α-hetero) is 1. The minimum Gasteiger partial charge on any atom is -0.350 e. The minimum atomic E-state index is 0.278. The first-order valence-electron chi connectivity index (χ1n) is 6.53. The molecular formula is C15H18N2O. The van der Waals surface area contributed by atoms with Crippen LogP contribution in [-0.4, -0.2) is 23.4 Å². The molecule has 1 fully saturated rings. The molecular weight excluding hydrogens is 224 g/mol. The number of carbonyl (C=O) groups is 1. The molecule has 1 aromatic carbocycles. The summed E-state index contributed by atoms with van der Waals surface area (Å²) in [6.45, 7) is 2.03.